The normalized spacial score (nSPS) is 24.2. The summed E-state index contributed by atoms with van der Waals surface area (Å²) >= 11 is 0. The van der Waals surface area contributed by atoms with Gasteiger partial charge in [0.1, 0.15) is 18.2 Å². The molecule has 65 heavy (non-hydrogen) atoms. The van der Waals surface area contributed by atoms with Gasteiger partial charge >= 0.3 is 0 Å². The van der Waals surface area contributed by atoms with Crippen molar-refractivity contribution in [3.63, 3.8) is 0 Å². The van der Waals surface area contributed by atoms with Gasteiger partial charge in [-0.2, -0.15) is 0 Å². The van der Waals surface area contributed by atoms with E-state index in [1.54, 1.807) is 7.11 Å². The number of nitrogens with zero attached hydrogens (tertiary/aromatic N) is 5. The van der Waals surface area contributed by atoms with Crippen molar-refractivity contribution in [2.75, 3.05) is 32.6 Å². The number of hydrogen-bond acceptors (Lipinski definition) is 7. The Balaban J connectivity index is 0.000000137. The average Bonchev–Trinajstić information content (AvgIpc) is 4.11. The molecule has 13 rings (SSSR count). The lowest BCUT2D eigenvalue weighted by Gasteiger charge is -2.35. The summed E-state index contributed by atoms with van der Waals surface area (Å²) in [6.45, 7) is 14.6. The summed E-state index contributed by atoms with van der Waals surface area (Å²) in [4.78, 5) is 16.8. The number of fused-ring (bicyclic) bond motifs is 19. The molecular formula is C55H53N7O3. The van der Waals surface area contributed by atoms with Gasteiger partial charge < -0.3 is 38.3 Å². The molecule has 3 aromatic heterocycles. The predicted octanol–water partition coefficient (Wildman–Crippen LogP) is 10.7. The van der Waals surface area contributed by atoms with Gasteiger partial charge in [-0.1, -0.05) is 92.0 Å². The minimum atomic E-state index is -0.967. The molecule has 5 aliphatic heterocycles. The molecule has 0 radical (unpaired) electrons. The number of aromatic nitrogens is 3. The molecule has 1 saturated heterocycles. The van der Waals surface area contributed by atoms with Crippen LogP contribution in [0.5, 0.6) is 0 Å². The van der Waals surface area contributed by atoms with E-state index in [0.29, 0.717) is 18.7 Å². The summed E-state index contributed by atoms with van der Waals surface area (Å²) in [6, 6.07) is 34.4. The van der Waals surface area contributed by atoms with Crippen LogP contribution in [0.25, 0.3) is 71.4 Å². The number of rotatable bonds is 4. The third-order valence-corrected chi connectivity index (χ3v) is 15.3. The van der Waals surface area contributed by atoms with E-state index in [2.05, 4.69) is 159 Å². The van der Waals surface area contributed by atoms with Crippen molar-refractivity contribution >= 4 is 83.0 Å². The van der Waals surface area contributed by atoms with Crippen LogP contribution in [0.1, 0.15) is 79.6 Å². The average molecular weight is 860 g/mol. The number of carbonyl (C=O) groups excluding carboxylic acids is 1. The van der Waals surface area contributed by atoms with Crippen LogP contribution in [0, 0.1) is 0 Å². The first-order valence-electron chi connectivity index (χ1n) is 22.8. The van der Waals surface area contributed by atoms with Gasteiger partial charge in [0.15, 0.2) is 5.94 Å². The van der Waals surface area contributed by atoms with Crippen LogP contribution in [-0.4, -0.2) is 58.3 Å². The Kier molecular flexibility index (Phi) is 8.86. The molecule has 10 heteroatoms. The van der Waals surface area contributed by atoms with E-state index < -0.39 is 5.85 Å². The van der Waals surface area contributed by atoms with Crippen LogP contribution in [0.3, 0.4) is 0 Å². The first-order valence-corrected chi connectivity index (χ1v) is 22.8. The van der Waals surface area contributed by atoms with E-state index in [0.717, 1.165) is 69.3 Å². The Morgan fingerprint density at radius 2 is 1.46 bits per heavy atom. The number of methoxy groups -OCH3 is 1. The number of likely N-dealkylation sites (N-methyl/N-ethyl adjacent to an activating group) is 1. The molecule has 1 fully saturated rings. The molecule has 2 unspecified atom stereocenters. The maximum absolute atomic E-state index is 12.3. The van der Waals surface area contributed by atoms with Crippen LogP contribution >= 0.6 is 0 Å². The van der Waals surface area contributed by atoms with E-state index in [4.69, 9.17) is 15.2 Å². The summed E-state index contributed by atoms with van der Waals surface area (Å²) < 4.78 is 19.8. The van der Waals surface area contributed by atoms with Crippen LogP contribution in [0.2, 0.25) is 0 Å². The minimum Gasteiger partial charge on any atom is -0.362 e. The fraction of sp³-hybridized carbons (Fsp3) is 0.273. The SMILES string of the molecule is C=C/C1=C(\CNC)c2c3n(c4ccccc24)[C@@](N)(OC)CC(C)N(C3)c2ccccc2C1=C.CC1c2c(c3c4ccccc4n4c3c3c2c2ccccc2n3[C@H]2CC[C@@H]4O2)C(=C=O)N1C. The standard InChI is InChI=1S/C28H32N4O.C27H21N3O2/c1-6-20-19(3)21-11-7-9-13-24(21)31-17-26-27(23(20)16-30-4)22-12-8-10-14-25(22)32(26)28(29,33-5)15-18(31)2;1-14-22-23-15-7-3-5-9-17(15)29-20-11-12-21(32-20)30-18-10-6-4-8-16(18)24(27(30)26(23)29)25(22)19(13-31)28(14)2/h6-14,18,30H,1,3,15-17,29H2,2,4-5H3;3-10,14,20-21H,11-12H2,1-2H3/b23-20-;/t18?,28-;14?,20-,21+/m11/s1. The molecule has 10 nitrogen and oxygen atoms in total. The molecule has 326 valence electrons. The van der Waals surface area contributed by atoms with Crippen molar-refractivity contribution in [1.82, 2.24) is 23.9 Å². The van der Waals surface area contributed by atoms with Gasteiger partial charge in [0.05, 0.1) is 40.2 Å². The molecule has 5 atom stereocenters. The highest BCUT2D eigenvalue weighted by molar-refractivity contribution is 6.28. The number of benzene rings is 5. The van der Waals surface area contributed by atoms with Crippen molar-refractivity contribution in [2.24, 2.45) is 5.73 Å². The van der Waals surface area contributed by atoms with Crippen molar-refractivity contribution in [3.05, 3.63) is 150 Å². The van der Waals surface area contributed by atoms with E-state index in [9.17, 15) is 4.79 Å². The Morgan fingerprint density at radius 3 is 2.11 bits per heavy atom. The zero-order chi connectivity index (χ0) is 44.6. The maximum Gasteiger partial charge on any atom is 0.201 e. The van der Waals surface area contributed by atoms with E-state index in [1.807, 2.05) is 20.2 Å². The molecule has 8 heterocycles. The predicted molar refractivity (Wildman–Crippen MR) is 264 cm³/mol. The Labute approximate surface area is 378 Å². The molecule has 0 aliphatic carbocycles. The number of nitrogens with two attached hydrogens (primary N) is 1. The van der Waals surface area contributed by atoms with Crippen LogP contribution in [0.15, 0.2) is 122 Å². The largest absolute Gasteiger partial charge is 0.362 e. The number of anilines is 1. The number of nitrogens with one attached hydrogen (secondary N) is 1. The zero-order valence-corrected chi connectivity index (χ0v) is 37.6. The van der Waals surface area contributed by atoms with Gasteiger partial charge in [-0.15, -0.1) is 0 Å². The van der Waals surface area contributed by atoms with Gasteiger partial charge in [0, 0.05) is 88.2 Å². The fourth-order valence-electron chi connectivity index (χ4n) is 12.4. The molecule has 0 spiro atoms. The summed E-state index contributed by atoms with van der Waals surface area (Å²) in [5.41, 5.74) is 23.7. The van der Waals surface area contributed by atoms with Gasteiger partial charge in [-0.05, 0) is 80.3 Å². The molecule has 8 aromatic rings. The summed E-state index contributed by atoms with van der Waals surface area (Å²) in [5, 5.41) is 9.39. The minimum absolute atomic E-state index is 0.00234. The number of allylic oxidation sites excluding steroid dienone is 3. The Bertz CT molecular complexity index is 3470. The first kappa shape index (κ1) is 39.9. The number of hydrogen-bond donors (Lipinski definition) is 2. The van der Waals surface area contributed by atoms with Gasteiger partial charge in [-0.25, -0.2) is 4.79 Å². The van der Waals surface area contributed by atoms with Crippen molar-refractivity contribution in [3.8, 4) is 0 Å². The smallest absolute Gasteiger partial charge is 0.201 e. The lowest BCUT2D eigenvalue weighted by molar-refractivity contribution is -0.0789. The second kappa shape index (κ2) is 14.4. The lowest BCUT2D eigenvalue weighted by atomic mass is 9.90. The number of ether oxygens (including phenoxy) is 2. The van der Waals surface area contributed by atoms with Crippen molar-refractivity contribution in [2.45, 2.75) is 70.0 Å². The van der Waals surface area contributed by atoms with Crippen molar-refractivity contribution < 1.29 is 14.3 Å². The van der Waals surface area contributed by atoms with Crippen molar-refractivity contribution in [1.29, 1.82) is 0 Å². The molecule has 3 N–H and O–H groups in total. The van der Waals surface area contributed by atoms with E-state index in [1.165, 1.54) is 54.9 Å². The molecule has 5 aliphatic rings. The van der Waals surface area contributed by atoms with Gasteiger partial charge in [-0.3, -0.25) is 5.73 Å². The monoisotopic (exact) mass is 859 g/mol. The highest BCUT2D eigenvalue weighted by atomic mass is 16.5. The molecule has 0 amide bonds. The lowest BCUT2D eigenvalue weighted by Crippen LogP contribution is -2.47. The zero-order valence-electron chi connectivity index (χ0n) is 37.6. The highest BCUT2D eigenvalue weighted by Gasteiger charge is 2.44. The molecular weight excluding hydrogens is 807 g/mol. The van der Waals surface area contributed by atoms with Crippen LogP contribution < -0.4 is 16.0 Å². The first-order chi connectivity index (χ1) is 31.6. The van der Waals surface area contributed by atoms with Crippen LogP contribution in [0.4, 0.5) is 5.69 Å². The second-order valence-corrected chi connectivity index (χ2v) is 18.4. The summed E-state index contributed by atoms with van der Waals surface area (Å²) in [5.74, 6) is 1.33. The number of para-hydroxylation sites is 4. The second-order valence-electron chi connectivity index (χ2n) is 18.4. The van der Waals surface area contributed by atoms with Gasteiger partial charge in [0.25, 0.3) is 0 Å². The quantitative estimate of drug-likeness (QED) is 0.134. The van der Waals surface area contributed by atoms with E-state index >= 15 is 0 Å². The fourth-order valence-corrected chi connectivity index (χ4v) is 12.4. The maximum atomic E-state index is 12.3. The third-order valence-electron chi connectivity index (χ3n) is 15.3. The van der Waals surface area contributed by atoms with E-state index in [-0.39, 0.29) is 24.5 Å². The molecule has 4 bridgehead atoms. The summed E-state index contributed by atoms with van der Waals surface area (Å²) in [6.07, 6.45) is 4.60. The Hall–Kier alpha value is -6.65. The Morgan fingerprint density at radius 1 is 0.862 bits per heavy atom. The highest BCUT2D eigenvalue weighted by Crippen LogP contribution is 2.56. The van der Waals surface area contributed by atoms with Gasteiger partial charge in [0.2, 0.25) is 5.85 Å². The molecule has 0 saturated carbocycles. The summed E-state index contributed by atoms with van der Waals surface area (Å²) in [7, 11) is 5.70. The topological polar surface area (TPSA) is 94.9 Å². The third kappa shape index (κ3) is 5.23. The van der Waals surface area contributed by atoms with Crippen LogP contribution in [-0.2, 0) is 26.7 Å². The molecule has 5 aromatic carbocycles.